The minimum atomic E-state index is -3.76. The summed E-state index contributed by atoms with van der Waals surface area (Å²) in [6.45, 7) is 1.93. The zero-order valence-corrected chi connectivity index (χ0v) is 21.9. The Kier molecular flexibility index (Phi) is 7.53. The second kappa shape index (κ2) is 11.0. The molecule has 1 fully saturated rings. The molecule has 5 rings (SSSR count). The smallest absolute Gasteiger partial charge is 0.245 e. The van der Waals surface area contributed by atoms with Crippen molar-refractivity contribution < 1.29 is 17.5 Å². The Labute approximate surface area is 221 Å². The summed E-state index contributed by atoms with van der Waals surface area (Å²) in [6.07, 6.45) is 6.58. The number of aromatic nitrogens is 3. The van der Waals surface area contributed by atoms with E-state index in [0.29, 0.717) is 28.6 Å². The van der Waals surface area contributed by atoms with Crippen LogP contribution in [-0.2, 0) is 10.0 Å². The molecule has 1 aliphatic carbocycles. The average molecular weight is 536 g/mol. The van der Waals surface area contributed by atoms with Crippen molar-refractivity contribution in [2.24, 2.45) is 5.14 Å². The third-order valence-corrected chi connectivity index (χ3v) is 7.71. The van der Waals surface area contributed by atoms with Gasteiger partial charge in [-0.15, -0.1) is 0 Å². The first-order valence-corrected chi connectivity index (χ1v) is 14.3. The van der Waals surface area contributed by atoms with Crippen LogP contribution in [0.3, 0.4) is 0 Å². The fraction of sp³-hybridized carbons (Fsp3) is 0.321. The van der Waals surface area contributed by atoms with Crippen LogP contribution in [0.25, 0.3) is 22.3 Å². The Morgan fingerprint density at radius 3 is 2.26 bits per heavy atom. The molecule has 0 radical (unpaired) electrons. The van der Waals surface area contributed by atoms with Crippen molar-refractivity contribution in [1.29, 1.82) is 0 Å². The molecule has 3 N–H and O–H groups in total. The topological polar surface area (TPSA) is 120 Å². The zero-order chi connectivity index (χ0) is 26.7. The highest BCUT2D eigenvalue weighted by Gasteiger charge is 2.20. The van der Waals surface area contributed by atoms with Crippen LogP contribution >= 0.6 is 0 Å². The molecule has 2 heterocycles. The number of sulfonamides is 1. The van der Waals surface area contributed by atoms with E-state index in [-0.39, 0.29) is 22.9 Å². The molecule has 1 atom stereocenters. The van der Waals surface area contributed by atoms with Crippen molar-refractivity contribution in [2.45, 2.75) is 62.5 Å². The summed E-state index contributed by atoms with van der Waals surface area (Å²) < 4.78 is 43.1. The fourth-order valence-electron chi connectivity index (χ4n) is 4.66. The molecule has 0 unspecified atom stereocenters. The predicted octanol–water partition coefficient (Wildman–Crippen LogP) is 5.75. The van der Waals surface area contributed by atoms with E-state index in [1.807, 2.05) is 19.1 Å². The summed E-state index contributed by atoms with van der Waals surface area (Å²) in [7, 11) is -3.76. The Bertz CT molecular complexity index is 1520. The van der Waals surface area contributed by atoms with Crippen molar-refractivity contribution >= 4 is 27.0 Å². The molecule has 0 bridgehead atoms. The van der Waals surface area contributed by atoms with Crippen LogP contribution in [0.5, 0.6) is 5.88 Å². The number of primary sulfonamides is 1. The first-order chi connectivity index (χ1) is 18.3. The molecule has 10 heteroatoms. The van der Waals surface area contributed by atoms with Gasteiger partial charge in [0.15, 0.2) is 5.52 Å². The highest BCUT2D eigenvalue weighted by molar-refractivity contribution is 7.89. The van der Waals surface area contributed by atoms with Crippen LogP contribution < -0.4 is 15.2 Å². The molecule has 1 saturated carbocycles. The number of nitrogens with two attached hydrogens (primary N) is 1. The molecular formula is C28H30FN5O3S. The number of halogens is 1. The van der Waals surface area contributed by atoms with E-state index in [9.17, 15) is 12.8 Å². The van der Waals surface area contributed by atoms with Gasteiger partial charge >= 0.3 is 0 Å². The van der Waals surface area contributed by atoms with Crippen LogP contribution in [0.2, 0.25) is 0 Å². The quantitative estimate of drug-likeness (QED) is 0.289. The first kappa shape index (κ1) is 26.0. The Morgan fingerprint density at radius 2 is 1.61 bits per heavy atom. The van der Waals surface area contributed by atoms with Gasteiger partial charge < -0.3 is 10.1 Å². The maximum Gasteiger partial charge on any atom is 0.245 e. The molecule has 0 amide bonds. The monoisotopic (exact) mass is 535 g/mol. The van der Waals surface area contributed by atoms with Crippen molar-refractivity contribution in [3.05, 3.63) is 72.0 Å². The summed E-state index contributed by atoms with van der Waals surface area (Å²) >= 11 is 0. The average Bonchev–Trinajstić information content (AvgIpc) is 3.17. The molecule has 8 nitrogen and oxygen atoms in total. The van der Waals surface area contributed by atoms with E-state index < -0.39 is 10.0 Å². The van der Waals surface area contributed by atoms with Gasteiger partial charge in [0.2, 0.25) is 21.9 Å². The molecule has 2 aromatic carbocycles. The summed E-state index contributed by atoms with van der Waals surface area (Å²) in [5.41, 5.74) is 3.47. The Morgan fingerprint density at radius 1 is 0.921 bits per heavy atom. The van der Waals surface area contributed by atoms with Gasteiger partial charge in [0.25, 0.3) is 0 Å². The largest absolute Gasteiger partial charge is 0.473 e. The van der Waals surface area contributed by atoms with E-state index in [1.54, 1.807) is 24.3 Å². The van der Waals surface area contributed by atoms with Gasteiger partial charge in [-0.3, -0.25) is 0 Å². The number of fused-ring (bicyclic) bond motifs is 1. The Balaban J connectivity index is 1.48. The SMILES string of the molecule is C[C@@H](Nc1nc(OC2CCCCCC2)c2nc(-c3ccc(F)cc3)ccc2n1)c1ccc(S(N)(=O)=O)cc1. The fourth-order valence-corrected chi connectivity index (χ4v) is 5.17. The Hall–Kier alpha value is -3.63. The summed E-state index contributed by atoms with van der Waals surface area (Å²) in [5, 5.41) is 8.52. The van der Waals surface area contributed by atoms with E-state index in [1.165, 1.54) is 37.1 Å². The van der Waals surface area contributed by atoms with Gasteiger partial charge in [-0.05, 0) is 86.7 Å². The molecule has 0 aliphatic heterocycles. The number of ether oxygens (including phenoxy) is 1. The van der Waals surface area contributed by atoms with Gasteiger partial charge in [-0.2, -0.15) is 4.98 Å². The summed E-state index contributed by atoms with van der Waals surface area (Å²) in [4.78, 5) is 14.3. The minimum Gasteiger partial charge on any atom is -0.473 e. The molecule has 198 valence electrons. The van der Waals surface area contributed by atoms with Crippen LogP contribution in [0.4, 0.5) is 10.3 Å². The molecule has 38 heavy (non-hydrogen) atoms. The van der Waals surface area contributed by atoms with Gasteiger partial charge in [-0.1, -0.05) is 25.0 Å². The summed E-state index contributed by atoms with van der Waals surface area (Å²) in [6, 6.07) is 16.0. The molecular weight excluding hydrogens is 505 g/mol. The third-order valence-electron chi connectivity index (χ3n) is 6.79. The zero-order valence-electron chi connectivity index (χ0n) is 21.1. The number of nitrogens with one attached hydrogen (secondary N) is 1. The molecule has 2 aromatic heterocycles. The lowest BCUT2D eigenvalue weighted by molar-refractivity contribution is 0.178. The number of benzene rings is 2. The number of rotatable bonds is 7. The maximum atomic E-state index is 13.5. The molecule has 0 spiro atoms. The van der Waals surface area contributed by atoms with Gasteiger partial charge in [0.1, 0.15) is 11.9 Å². The lowest BCUT2D eigenvalue weighted by Crippen LogP contribution is -2.18. The van der Waals surface area contributed by atoms with Crippen molar-refractivity contribution in [3.63, 3.8) is 0 Å². The normalized spacial score (nSPS) is 15.7. The predicted molar refractivity (Wildman–Crippen MR) is 145 cm³/mol. The molecule has 0 saturated heterocycles. The standard InChI is InChI=1S/C28H30FN5O3S/c1-18(19-10-14-23(15-11-19)38(30,35)36)31-28-33-25-17-16-24(20-8-12-21(29)13-9-20)32-26(25)27(34-28)37-22-6-4-2-3-5-7-22/h8-18,22H,2-7H2,1H3,(H2,30,35,36)(H,31,33,34)/t18-/m1/s1. The van der Waals surface area contributed by atoms with Crippen LogP contribution in [0.15, 0.2) is 65.6 Å². The number of anilines is 1. The number of nitrogens with zero attached hydrogens (tertiary/aromatic N) is 3. The van der Waals surface area contributed by atoms with Crippen molar-refractivity contribution in [2.75, 3.05) is 5.32 Å². The third kappa shape index (κ3) is 6.08. The van der Waals surface area contributed by atoms with Gasteiger partial charge in [0, 0.05) is 5.56 Å². The van der Waals surface area contributed by atoms with Gasteiger partial charge in [0.05, 0.1) is 22.1 Å². The van der Waals surface area contributed by atoms with Crippen molar-refractivity contribution in [1.82, 2.24) is 15.0 Å². The van der Waals surface area contributed by atoms with Crippen LogP contribution in [0.1, 0.15) is 57.1 Å². The van der Waals surface area contributed by atoms with Gasteiger partial charge in [-0.25, -0.2) is 27.9 Å². The second-order valence-corrected chi connectivity index (χ2v) is 11.2. The second-order valence-electron chi connectivity index (χ2n) is 9.63. The minimum absolute atomic E-state index is 0.0444. The number of hydrogen-bond acceptors (Lipinski definition) is 7. The molecule has 1 aliphatic rings. The lowest BCUT2D eigenvalue weighted by atomic mass is 10.1. The van der Waals surface area contributed by atoms with Crippen molar-refractivity contribution in [3.8, 4) is 17.1 Å². The van der Waals surface area contributed by atoms with E-state index in [4.69, 9.17) is 19.8 Å². The number of hydrogen-bond donors (Lipinski definition) is 2. The van der Waals surface area contributed by atoms with E-state index >= 15 is 0 Å². The first-order valence-electron chi connectivity index (χ1n) is 12.8. The molecule has 4 aromatic rings. The maximum absolute atomic E-state index is 13.5. The highest BCUT2D eigenvalue weighted by Crippen LogP contribution is 2.30. The van der Waals surface area contributed by atoms with E-state index in [2.05, 4.69) is 10.3 Å². The van der Waals surface area contributed by atoms with Crippen LogP contribution in [-0.4, -0.2) is 29.5 Å². The lowest BCUT2D eigenvalue weighted by Gasteiger charge is -2.19. The highest BCUT2D eigenvalue weighted by atomic mass is 32.2. The van der Waals surface area contributed by atoms with Crippen LogP contribution in [0, 0.1) is 5.82 Å². The summed E-state index contributed by atoms with van der Waals surface area (Å²) in [5.74, 6) is 0.477. The van der Waals surface area contributed by atoms with E-state index in [0.717, 1.165) is 36.8 Å². The number of pyridine rings is 1.